The lowest BCUT2D eigenvalue weighted by Crippen LogP contribution is -2.09. The standard InChI is InChI=1S/C30H20N2O4/c1-19-12-14-25-23(16-19)28(34)22(18-35-25)13-15-26(33)32-30-24(17-31)27(20-8-4-2-5-9-20)29(36-30)21-10-6-3-7-11-21/h2-16,18H,1H3,(H,32,33)/b15-13+. The first kappa shape index (κ1) is 22.6. The molecule has 1 N–H and O–H groups in total. The van der Waals surface area contributed by atoms with Crippen molar-refractivity contribution in [2.45, 2.75) is 6.92 Å². The van der Waals surface area contributed by atoms with Gasteiger partial charge in [0.2, 0.25) is 5.88 Å². The summed E-state index contributed by atoms with van der Waals surface area (Å²) in [6.45, 7) is 1.89. The van der Waals surface area contributed by atoms with E-state index in [2.05, 4.69) is 11.4 Å². The summed E-state index contributed by atoms with van der Waals surface area (Å²) in [5.74, 6) is -0.0441. The zero-order chi connectivity index (χ0) is 25.1. The number of benzene rings is 3. The number of hydrogen-bond acceptors (Lipinski definition) is 5. The van der Waals surface area contributed by atoms with E-state index in [0.29, 0.717) is 22.3 Å². The fourth-order valence-electron chi connectivity index (χ4n) is 3.99. The summed E-state index contributed by atoms with van der Waals surface area (Å²) < 4.78 is 11.6. The summed E-state index contributed by atoms with van der Waals surface area (Å²) in [6.07, 6.45) is 3.91. The highest BCUT2D eigenvalue weighted by Crippen LogP contribution is 2.41. The van der Waals surface area contributed by atoms with Gasteiger partial charge in [-0.3, -0.25) is 14.9 Å². The van der Waals surface area contributed by atoms with Crippen molar-refractivity contribution in [2.75, 3.05) is 5.32 Å². The van der Waals surface area contributed by atoms with Crippen LogP contribution in [0.4, 0.5) is 5.88 Å². The van der Waals surface area contributed by atoms with Gasteiger partial charge >= 0.3 is 0 Å². The zero-order valence-corrected chi connectivity index (χ0v) is 19.3. The largest absolute Gasteiger partial charge is 0.463 e. The monoisotopic (exact) mass is 472 g/mol. The van der Waals surface area contributed by atoms with Gasteiger partial charge in [-0.2, -0.15) is 5.26 Å². The van der Waals surface area contributed by atoms with Crippen LogP contribution in [0, 0.1) is 18.3 Å². The van der Waals surface area contributed by atoms with E-state index in [-0.39, 0.29) is 22.4 Å². The van der Waals surface area contributed by atoms with Crippen LogP contribution >= 0.6 is 0 Å². The van der Waals surface area contributed by atoms with Crippen molar-refractivity contribution in [3.05, 3.63) is 118 Å². The van der Waals surface area contributed by atoms with Crippen molar-refractivity contribution in [3.8, 4) is 28.5 Å². The number of amides is 1. The average molecular weight is 473 g/mol. The molecule has 174 valence electrons. The highest BCUT2D eigenvalue weighted by Gasteiger charge is 2.23. The third-order valence-electron chi connectivity index (χ3n) is 5.72. The molecule has 2 aromatic heterocycles. The van der Waals surface area contributed by atoms with Gasteiger partial charge in [0.1, 0.15) is 29.2 Å². The first-order valence-electron chi connectivity index (χ1n) is 11.2. The van der Waals surface area contributed by atoms with Crippen LogP contribution in [0.3, 0.4) is 0 Å². The number of carbonyl (C=O) groups excluding carboxylic acids is 1. The highest BCUT2D eigenvalue weighted by atomic mass is 16.4. The Morgan fingerprint density at radius 2 is 1.67 bits per heavy atom. The Kier molecular flexibility index (Phi) is 6.04. The Balaban J connectivity index is 1.50. The number of fused-ring (bicyclic) bond motifs is 1. The molecule has 0 saturated carbocycles. The van der Waals surface area contributed by atoms with E-state index in [9.17, 15) is 14.9 Å². The van der Waals surface area contributed by atoms with Gasteiger partial charge in [0, 0.05) is 17.2 Å². The second kappa shape index (κ2) is 9.61. The molecule has 5 rings (SSSR count). The summed E-state index contributed by atoms with van der Waals surface area (Å²) >= 11 is 0. The fourth-order valence-corrected chi connectivity index (χ4v) is 3.99. The molecule has 0 radical (unpaired) electrons. The molecular formula is C30H20N2O4. The lowest BCUT2D eigenvalue weighted by molar-refractivity contribution is -0.111. The fraction of sp³-hybridized carbons (Fsp3) is 0.0333. The van der Waals surface area contributed by atoms with Crippen molar-refractivity contribution in [3.63, 3.8) is 0 Å². The average Bonchev–Trinajstić information content (AvgIpc) is 3.27. The predicted octanol–water partition coefficient (Wildman–Crippen LogP) is 6.55. The number of rotatable bonds is 5. The molecular weight excluding hydrogens is 452 g/mol. The maximum Gasteiger partial charge on any atom is 0.250 e. The minimum atomic E-state index is -0.553. The molecule has 0 atom stereocenters. The first-order valence-corrected chi connectivity index (χ1v) is 11.2. The quantitative estimate of drug-likeness (QED) is 0.293. The molecule has 0 spiro atoms. The van der Waals surface area contributed by atoms with E-state index in [1.54, 1.807) is 12.1 Å². The van der Waals surface area contributed by atoms with Gasteiger partial charge in [-0.1, -0.05) is 72.3 Å². The van der Waals surface area contributed by atoms with Gasteiger partial charge in [0.25, 0.3) is 5.91 Å². The molecule has 2 heterocycles. The van der Waals surface area contributed by atoms with Gasteiger partial charge in [-0.05, 0) is 30.7 Å². The number of hydrogen-bond donors (Lipinski definition) is 1. The number of nitrogens with one attached hydrogen (secondary N) is 1. The Morgan fingerprint density at radius 3 is 2.36 bits per heavy atom. The summed E-state index contributed by atoms with van der Waals surface area (Å²) in [4.78, 5) is 25.6. The third-order valence-corrected chi connectivity index (χ3v) is 5.72. The van der Waals surface area contributed by atoms with Crippen LogP contribution in [-0.2, 0) is 4.79 Å². The molecule has 5 aromatic rings. The topological polar surface area (TPSA) is 96.2 Å². The lowest BCUT2D eigenvalue weighted by atomic mass is 9.98. The minimum Gasteiger partial charge on any atom is -0.463 e. The Hall–Kier alpha value is -5.15. The van der Waals surface area contributed by atoms with E-state index in [1.165, 1.54) is 18.4 Å². The number of aryl methyl sites for hydroxylation is 1. The second-order valence-corrected chi connectivity index (χ2v) is 8.20. The van der Waals surface area contributed by atoms with E-state index < -0.39 is 5.91 Å². The molecule has 36 heavy (non-hydrogen) atoms. The molecule has 0 aliphatic rings. The van der Waals surface area contributed by atoms with Crippen LogP contribution in [0.5, 0.6) is 0 Å². The molecule has 0 saturated heterocycles. The summed E-state index contributed by atoms with van der Waals surface area (Å²) in [6, 6.07) is 26.3. The third kappa shape index (κ3) is 4.33. The first-order chi connectivity index (χ1) is 17.5. The molecule has 0 unspecified atom stereocenters. The van der Waals surface area contributed by atoms with Gasteiger partial charge in [-0.15, -0.1) is 0 Å². The smallest absolute Gasteiger partial charge is 0.250 e. The van der Waals surface area contributed by atoms with E-state index in [0.717, 1.165) is 16.7 Å². The molecule has 3 aromatic carbocycles. The Bertz CT molecular complexity index is 1710. The van der Waals surface area contributed by atoms with Gasteiger partial charge < -0.3 is 8.83 Å². The normalized spacial score (nSPS) is 11.0. The van der Waals surface area contributed by atoms with Crippen molar-refractivity contribution in [2.24, 2.45) is 0 Å². The van der Waals surface area contributed by atoms with Crippen molar-refractivity contribution >= 4 is 28.8 Å². The number of nitriles is 1. The van der Waals surface area contributed by atoms with Crippen LogP contribution < -0.4 is 10.7 Å². The Labute approximate surface area is 206 Å². The molecule has 0 fully saturated rings. The van der Waals surface area contributed by atoms with Crippen molar-refractivity contribution in [1.29, 1.82) is 5.26 Å². The molecule has 0 bridgehead atoms. The van der Waals surface area contributed by atoms with Gasteiger partial charge in [-0.25, -0.2) is 0 Å². The second-order valence-electron chi connectivity index (χ2n) is 8.20. The number of carbonyl (C=O) groups is 1. The van der Waals surface area contributed by atoms with Crippen molar-refractivity contribution in [1.82, 2.24) is 0 Å². The summed E-state index contributed by atoms with van der Waals surface area (Å²) in [5, 5.41) is 13.1. The molecule has 6 nitrogen and oxygen atoms in total. The number of furan rings is 1. The number of nitrogens with zero attached hydrogens (tertiary/aromatic N) is 1. The van der Waals surface area contributed by atoms with E-state index in [1.807, 2.05) is 73.7 Å². The molecule has 0 aliphatic heterocycles. The van der Waals surface area contributed by atoms with Crippen molar-refractivity contribution < 1.29 is 13.6 Å². The maximum atomic E-state index is 12.8. The SMILES string of the molecule is Cc1ccc2occ(/C=C/C(=O)Nc3oc(-c4ccccc4)c(-c4ccccc4)c3C#N)c(=O)c2c1. The molecule has 6 heteroatoms. The van der Waals surface area contributed by atoms with Crippen LogP contribution in [0.25, 0.3) is 39.5 Å². The van der Waals surface area contributed by atoms with Crippen LogP contribution in [-0.4, -0.2) is 5.91 Å². The number of anilines is 1. The summed E-state index contributed by atoms with van der Waals surface area (Å²) in [5.41, 5.74) is 3.76. The zero-order valence-electron chi connectivity index (χ0n) is 19.3. The maximum absolute atomic E-state index is 12.8. The molecule has 0 aliphatic carbocycles. The van der Waals surface area contributed by atoms with Crippen LogP contribution in [0.1, 0.15) is 16.7 Å². The van der Waals surface area contributed by atoms with Gasteiger partial charge in [0.05, 0.1) is 10.9 Å². The van der Waals surface area contributed by atoms with E-state index in [4.69, 9.17) is 8.83 Å². The van der Waals surface area contributed by atoms with Crippen LogP contribution in [0.2, 0.25) is 0 Å². The van der Waals surface area contributed by atoms with Crippen LogP contribution in [0.15, 0.2) is 105 Å². The highest BCUT2D eigenvalue weighted by molar-refractivity contribution is 6.03. The van der Waals surface area contributed by atoms with Gasteiger partial charge in [0.15, 0.2) is 5.43 Å². The van der Waals surface area contributed by atoms with E-state index >= 15 is 0 Å². The predicted molar refractivity (Wildman–Crippen MR) is 139 cm³/mol. The molecule has 1 amide bonds. The minimum absolute atomic E-state index is 0.0334. The summed E-state index contributed by atoms with van der Waals surface area (Å²) in [7, 11) is 0. The lowest BCUT2D eigenvalue weighted by Gasteiger charge is -2.03. The Morgan fingerprint density at radius 1 is 0.972 bits per heavy atom.